The van der Waals surface area contributed by atoms with Gasteiger partial charge in [0.25, 0.3) is 0 Å². The Balaban J connectivity index is 3.03. The number of sulfonamides is 1. The van der Waals surface area contributed by atoms with Gasteiger partial charge in [0.15, 0.2) is 5.82 Å². The average molecular weight is 296 g/mol. The maximum Gasteiger partial charge on any atom is 0.243 e. The van der Waals surface area contributed by atoms with E-state index in [4.69, 9.17) is 5.73 Å². The van der Waals surface area contributed by atoms with Crippen LogP contribution >= 0.6 is 11.8 Å². The molecule has 1 atom stereocenters. The third-order valence-corrected chi connectivity index (χ3v) is 4.76. The molecule has 0 saturated carbocycles. The molecule has 0 radical (unpaired) electrons. The van der Waals surface area contributed by atoms with Crippen LogP contribution in [0.5, 0.6) is 0 Å². The van der Waals surface area contributed by atoms with E-state index < -0.39 is 32.2 Å². The molecule has 0 fully saturated rings. The van der Waals surface area contributed by atoms with Crippen LogP contribution in [0.2, 0.25) is 0 Å². The molecule has 8 heteroatoms. The van der Waals surface area contributed by atoms with E-state index >= 15 is 0 Å². The van der Waals surface area contributed by atoms with Crippen LogP contribution in [0.3, 0.4) is 0 Å². The summed E-state index contributed by atoms with van der Waals surface area (Å²) >= 11 is 1.47. The highest BCUT2D eigenvalue weighted by Gasteiger charge is 2.22. The fraction of sp³-hybridized carbons (Fsp3) is 0.400. The van der Waals surface area contributed by atoms with Gasteiger partial charge in [0.1, 0.15) is 16.4 Å². The van der Waals surface area contributed by atoms with Crippen molar-refractivity contribution in [3.05, 3.63) is 23.8 Å². The van der Waals surface area contributed by atoms with Crippen LogP contribution in [-0.4, -0.2) is 26.5 Å². The zero-order valence-corrected chi connectivity index (χ0v) is 11.5. The summed E-state index contributed by atoms with van der Waals surface area (Å²) in [6, 6.07) is 1.68. The van der Waals surface area contributed by atoms with Gasteiger partial charge >= 0.3 is 0 Å². The van der Waals surface area contributed by atoms with E-state index in [1.807, 2.05) is 13.2 Å². The molecular weight excluding hydrogens is 282 g/mol. The zero-order valence-electron chi connectivity index (χ0n) is 9.91. The molecule has 0 bridgehead atoms. The maximum absolute atomic E-state index is 13.6. The van der Waals surface area contributed by atoms with Crippen molar-refractivity contribution in [1.29, 1.82) is 0 Å². The lowest BCUT2D eigenvalue weighted by Gasteiger charge is -2.12. The van der Waals surface area contributed by atoms with Crippen molar-refractivity contribution < 1.29 is 17.2 Å². The zero-order chi connectivity index (χ0) is 13.9. The Morgan fingerprint density at radius 1 is 1.44 bits per heavy atom. The van der Waals surface area contributed by atoms with E-state index in [1.54, 1.807) is 0 Å². The molecule has 18 heavy (non-hydrogen) atoms. The van der Waals surface area contributed by atoms with Gasteiger partial charge in [-0.2, -0.15) is 11.8 Å². The van der Waals surface area contributed by atoms with E-state index in [0.29, 0.717) is 0 Å². The molecule has 1 unspecified atom stereocenters. The van der Waals surface area contributed by atoms with Gasteiger partial charge in [0.2, 0.25) is 10.0 Å². The van der Waals surface area contributed by atoms with Gasteiger partial charge < -0.3 is 5.73 Å². The summed E-state index contributed by atoms with van der Waals surface area (Å²) in [5, 5.41) is 0.0423. The van der Waals surface area contributed by atoms with Crippen molar-refractivity contribution in [3.63, 3.8) is 0 Å². The number of nitrogen functional groups attached to an aromatic ring is 1. The van der Waals surface area contributed by atoms with E-state index in [0.717, 1.165) is 12.1 Å². The number of thioether (sulfide) groups is 1. The first kappa shape index (κ1) is 15.2. The van der Waals surface area contributed by atoms with Crippen LogP contribution < -0.4 is 10.5 Å². The SMILES string of the molecule is CSC(C)CNS(=O)(=O)c1ccc(F)c(N)c1F. The summed E-state index contributed by atoms with van der Waals surface area (Å²) in [6.45, 7) is 1.97. The number of hydrogen-bond donors (Lipinski definition) is 2. The lowest BCUT2D eigenvalue weighted by atomic mass is 10.3. The van der Waals surface area contributed by atoms with Gasteiger partial charge in [-0.05, 0) is 18.4 Å². The number of nitrogens with two attached hydrogens (primary N) is 1. The molecule has 1 rings (SSSR count). The molecule has 3 N–H and O–H groups in total. The fourth-order valence-electron chi connectivity index (χ4n) is 1.15. The van der Waals surface area contributed by atoms with Crippen molar-refractivity contribution >= 4 is 27.5 Å². The van der Waals surface area contributed by atoms with Crippen molar-refractivity contribution in [2.45, 2.75) is 17.1 Å². The molecule has 0 aromatic heterocycles. The standard InChI is InChI=1S/C10H14F2N2O2S2/c1-6(17-2)5-14-18(15,16)8-4-3-7(11)10(13)9(8)12/h3-4,6,14H,5,13H2,1-2H3. The Bertz CT molecular complexity index is 535. The number of rotatable bonds is 5. The smallest absolute Gasteiger partial charge is 0.243 e. The minimum absolute atomic E-state index is 0.0423. The minimum atomic E-state index is -4.02. The third kappa shape index (κ3) is 3.33. The Hall–Kier alpha value is -0.860. The molecule has 0 amide bonds. The van der Waals surface area contributed by atoms with Crippen LogP contribution in [0.4, 0.5) is 14.5 Å². The first-order chi connectivity index (χ1) is 8.29. The highest BCUT2D eigenvalue weighted by molar-refractivity contribution is 7.99. The quantitative estimate of drug-likeness (QED) is 0.809. The Labute approximate surface area is 109 Å². The number of halogens is 2. The maximum atomic E-state index is 13.6. The largest absolute Gasteiger partial charge is 0.394 e. The summed E-state index contributed by atoms with van der Waals surface area (Å²) in [5.74, 6) is -2.25. The third-order valence-electron chi connectivity index (χ3n) is 2.34. The van der Waals surface area contributed by atoms with Gasteiger partial charge in [0.05, 0.1) is 0 Å². The predicted molar refractivity (Wildman–Crippen MR) is 68.9 cm³/mol. The van der Waals surface area contributed by atoms with Crippen molar-refractivity contribution in [1.82, 2.24) is 4.72 Å². The summed E-state index contributed by atoms with van der Waals surface area (Å²) < 4.78 is 52.4. The minimum Gasteiger partial charge on any atom is -0.394 e. The van der Waals surface area contributed by atoms with E-state index in [-0.39, 0.29) is 11.8 Å². The average Bonchev–Trinajstić information content (AvgIpc) is 2.32. The summed E-state index contributed by atoms with van der Waals surface area (Å²) in [4.78, 5) is -0.644. The first-order valence-corrected chi connectivity index (χ1v) is 7.82. The molecule has 0 heterocycles. The predicted octanol–water partition coefficient (Wildman–Crippen LogP) is 1.58. The molecule has 0 aliphatic heterocycles. The highest BCUT2D eigenvalue weighted by Crippen LogP contribution is 2.22. The summed E-state index contributed by atoms with van der Waals surface area (Å²) in [6.07, 6.45) is 1.83. The fourth-order valence-corrected chi connectivity index (χ4v) is 2.72. The van der Waals surface area contributed by atoms with Crippen LogP contribution in [0.1, 0.15) is 6.92 Å². The Morgan fingerprint density at radius 2 is 2.06 bits per heavy atom. The molecule has 0 saturated heterocycles. The molecule has 102 valence electrons. The molecule has 1 aromatic carbocycles. The van der Waals surface area contributed by atoms with Crippen LogP contribution in [-0.2, 0) is 10.0 Å². The molecule has 0 spiro atoms. The summed E-state index contributed by atoms with van der Waals surface area (Å²) in [5.41, 5.74) is 4.32. The molecular formula is C10H14F2N2O2S2. The number of hydrogen-bond acceptors (Lipinski definition) is 4. The van der Waals surface area contributed by atoms with Crippen LogP contribution in [0.15, 0.2) is 17.0 Å². The normalized spacial score (nSPS) is 13.6. The van der Waals surface area contributed by atoms with E-state index in [9.17, 15) is 17.2 Å². The lowest BCUT2D eigenvalue weighted by molar-refractivity contribution is 0.548. The van der Waals surface area contributed by atoms with Crippen molar-refractivity contribution in [2.24, 2.45) is 0 Å². The monoisotopic (exact) mass is 296 g/mol. The Kier molecular flexibility index (Phi) is 4.94. The topological polar surface area (TPSA) is 72.2 Å². The Morgan fingerprint density at radius 3 is 2.61 bits per heavy atom. The second-order valence-corrected chi connectivity index (χ2v) is 6.68. The molecule has 0 aliphatic carbocycles. The molecule has 4 nitrogen and oxygen atoms in total. The number of anilines is 1. The molecule has 0 aliphatic rings. The van der Waals surface area contributed by atoms with Crippen molar-refractivity contribution in [3.8, 4) is 0 Å². The van der Waals surface area contributed by atoms with Gasteiger partial charge in [-0.25, -0.2) is 21.9 Å². The van der Waals surface area contributed by atoms with E-state index in [2.05, 4.69) is 4.72 Å². The van der Waals surface area contributed by atoms with Gasteiger partial charge in [0, 0.05) is 11.8 Å². The van der Waals surface area contributed by atoms with Gasteiger partial charge in [-0.15, -0.1) is 0 Å². The van der Waals surface area contributed by atoms with E-state index in [1.165, 1.54) is 11.8 Å². The van der Waals surface area contributed by atoms with Crippen LogP contribution in [0, 0.1) is 11.6 Å². The van der Waals surface area contributed by atoms with Crippen LogP contribution in [0.25, 0.3) is 0 Å². The van der Waals surface area contributed by atoms with Gasteiger partial charge in [-0.1, -0.05) is 6.92 Å². The first-order valence-electron chi connectivity index (χ1n) is 5.05. The second-order valence-electron chi connectivity index (χ2n) is 3.67. The van der Waals surface area contributed by atoms with Gasteiger partial charge in [-0.3, -0.25) is 0 Å². The van der Waals surface area contributed by atoms with Crippen molar-refractivity contribution in [2.75, 3.05) is 18.5 Å². The molecule has 1 aromatic rings. The number of nitrogens with one attached hydrogen (secondary N) is 1. The lowest BCUT2D eigenvalue weighted by Crippen LogP contribution is -2.30. The second kappa shape index (κ2) is 5.85. The number of benzene rings is 1. The summed E-state index contributed by atoms with van der Waals surface area (Å²) in [7, 11) is -4.02. The highest BCUT2D eigenvalue weighted by atomic mass is 32.2.